The van der Waals surface area contributed by atoms with Crippen LogP contribution in [0.3, 0.4) is 0 Å². The number of rotatable bonds is 3. The van der Waals surface area contributed by atoms with Gasteiger partial charge in [0.25, 0.3) is 5.91 Å². The quantitative estimate of drug-likeness (QED) is 0.395. The summed E-state index contributed by atoms with van der Waals surface area (Å²) in [6.45, 7) is 0. The Labute approximate surface area is 131 Å². The molecule has 5 nitrogen and oxygen atoms in total. The average Bonchev–Trinajstić information content (AvgIpc) is 2.96. The van der Waals surface area contributed by atoms with Crippen molar-refractivity contribution in [3.63, 3.8) is 0 Å². The zero-order valence-electron chi connectivity index (χ0n) is 11.5. The van der Waals surface area contributed by atoms with Crippen LogP contribution in [0.15, 0.2) is 59.7 Å². The van der Waals surface area contributed by atoms with E-state index in [1.54, 1.807) is 18.2 Å². The molecular formula is C16H13ClN4O. The average molecular weight is 313 g/mol. The Balaban J connectivity index is 1.78. The first-order valence-corrected chi connectivity index (χ1v) is 6.98. The standard InChI is InChI=1S/C16H13ClN4O/c17-12-6-7-13-11(8-12)9-14(19-13)16(22)21-20-15(18)10-4-2-1-3-5-10/h1-9,19H,(H2,18,20)(H,21,22). The number of aromatic nitrogens is 1. The molecule has 0 aliphatic rings. The van der Waals surface area contributed by atoms with E-state index in [4.69, 9.17) is 17.3 Å². The van der Waals surface area contributed by atoms with Crippen molar-refractivity contribution in [2.24, 2.45) is 10.8 Å². The third-order valence-electron chi connectivity index (χ3n) is 3.17. The van der Waals surface area contributed by atoms with E-state index in [-0.39, 0.29) is 11.7 Å². The van der Waals surface area contributed by atoms with Gasteiger partial charge in [-0.1, -0.05) is 41.9 Å². The maximum Gasteiger partial charge on any atom is 0.287 e. The van der Waals surface area contributed by atoms with Crippen molar-refractivity contribution in [3.8, 4) is 0 Å². The van der Waals surface area contributed by atoms with Crippen LogP contribution < -0.4 is 11.2 Å². The summed E-state index contributed by atoms with van der Waals surface area (Å²) < 4.78 is 0. The maximum absolute atomic E-state index is 12.1. The largest absolute Gasteiger partial charge is 0.382 e. The molecule has 22 heavy (non-hydrogen) atoms. The second-order valence-electron chi connectivity index (χ2n) is 4.72. The van der Waals surface area contributed by atoms with E-state index < -0.39 is 0 Å². The van der Waals surface area contributed by atoms with Gasteiger partial charge >= 0.3 is 0 Å². The van der Waals surface area contributed by atoms with Gasteiger partial charge < -0.3 is 10.7 Å². The molecule has 6 heteroatoms. The van der Waals surface area contributed by atoms with Gasteiger partial charge in [-0.05, 0) is 24.3 Å². The molecule has 0 aliphatic heterocycles. The Morgan fingerprint density at radius 1 is 1.14 bits per heavy atom. The lowest BCUT2D eigenvalue weighted by Gasteiger charge is -2.01. The van der Waals surface area contributed by atoms with E-state index in [0.29, 0.717) is 10.7 Å². The number of carbonyl (C=O) groups excluding carboxylic acids is 1. The van der Waals surface area contributed by atoms with Gasteiger partial charge in [0.15, 0.2) is 5.84 Å². The zero-order chi connectivity index (χ0) is 15.5. The number of H-pyrrole nitrogens is 1. The van der Waals surface area contributed by atoms with Crippen LogP contribution in [0.1, 0.15) is 16.1 Å². The van der Waals surface area contributed by atoms with Crippen LogP contribution in [-0.2, 0) is 0 Å². The number of amides is 1. The van der Waals surface area contributed by atoms with Crippen molar-refractivity contribution < 1.29 is 4.79 Å². The number of carbonyl (C=O) groups is 1. The summed E-state index contributed by atoms with van der Waals surface area (Å²) in [5, 5.41) is 5.38. The number of nitrogens with one attached hydrogen (secondary N) is 2. The fourth-order valence-electron chi connectivity index (χ4n) is 2.07. The number of benzene rings is 2. The number of nitrogens with two attached hydrogens (primary N) is 1. The third kappa shape index (κ3) is 2.94. The highest BCUT2D eigenvalue weighted by Gasteiger charge is 2.09. The molecule has 0 spiro atoms. The highest BCUT2D eigenvalue weighted by Crippen LogP contribution is 2.19. The second kappa shape index (κ2) is 5.91. The predicted octanol–water partition coefficient (Wildman–Crippen LogP) is 2.87. The fraction of sp³-hybridized carbons (Fsp3) is 0. The van der Waals surface area contributed by atoms with Gasteiger partial charge in [-0.25, -0.2) is 5.43 Å². The summed E-state index contributed by atoms with van der Waals surface area (Å²) in [5.74, 6) is -0.126. The Kier molecular flexibility index (Phi) is 3.80. The van der Waals surface area contributed by atoms with Crippen molar-refractivity contribution in [3.05, 3.63) is 70.9 Å². The van der Waals surface area contributed by atoms with Crippen LogP contribution in [-0.4, -0.2) is 16.7 Å². The molecule has 1 amide bonds. The number of fused-ring (bicyclic) bond motifs is 1. The van der Waals surface area contributed by atoms with E-state index in [2.05, 4.69) is 15.5 Å². The van der Waals surface area contributed by atoms with E-state index >= 15 is 0 Å². The molecule has 110 valence electrons. The summed E-state index contributed by atoms with van der Waals surface area (Å²) in [6.07, 6.45) is 0. The zero-order valence-corrected chi connectivity index (χ0v) is 12.3. The molecule has 0 radical (unpaired) electrons. The Hall–Kier alpha value is -2.79. The molecule has 0 aliphatic carbocycles. The molecule has 2 aromatic carbocycles. The predicted molar refractivity (Wildman–Crippen MR) is 87.9 cm³/mol. The van der Waals surface area contributed by atoms with E-state index in [0.717, 1.165) is 16.5 Å². The molecular weight excluding hydrogens is 300 g/mol. The molecule has 3 aromatic rings. The van der Waals surface area contributed by atoms with Crippen LogP contribution in [0.25, 0.3) is 10.9 Å². The number of hydrazone groups is 1. The molecule has 0 saturated carbocycles. The molecule has 3 rings (SSSR count). The van der Waals surface area contributed by atoms with Crippen LogP contribution in [0.4, 0.5) is 0 Å². The Bertz CT molecular complexity index is 855. The van der Waals surface area contributed by atoms with Gasteiger partial charge in [0.1, 0.15) is 5.69 Å². The minimum Gasteiger partial charge on any atom is -0.382 e. The van der Waals surface area contributed by atoms with E-state index in [1.807, 2.05) is 36.4 Å². The van der Waals surface area contributed by atoms with Gasteiger partial charge in [-0.2, -0.15) is 5.10 Å². The minimum atomic E-state index is -0.369. The Morgan fingerprint density at radius 3 is 2.68 bits per heavy atom. The maximum atomic E-state index is 12.1. The van der Waals surface area contributed by atoms with Gasteiger partial charge in [0.2, 0.25) is 0 Å². The van der Waals surface area contributed by atoms with Crippen LogP contribution in [0, 0.1) is 0 Å². The molecule has 0 unspecified atom stereocenters. The molecule has 0 atom stereocenters. The SMILES string of the molecule is NC(=NNC(=O)c1cc2cc(Cl)ccc2[nH]1)c1ccccc1. The van der Waals surface area contributed by atoms with Gasteiger partial charge in [0.05, 0.1) is 0 Å². The van der Waals surface area contributed by atoms with Crippen LogP contribution >= 0.6 is 11.6 Å². The molecule has 1 aromatic heterocycles. The van der Waals surface area contributed by atoms with Crippen molar-refractivity contribution in [2.45, 2.75) is 0 Å². The normalized spacial score (nSPS) is 11.6. The van der Waals surface area contributed by atoms with Crippen molar-refractivity contribution >= 4 is 34.2 Å². The fourth-order valence-corrected chi connectivity index (χ4v) is 2.25. The lowest BCUT2D eigenvalue weighted by atomic mass is 10.2. The highest BCUT2D eigenvalue weighted by molar-refractivity contribution is 6.31. The van der Waals surface area contributed by atoms with E-state index in [9.17, 15) is 4.79 Å². The number of halogens is 1. The molecule has 4 N–H and O–H groups in total. The van der Waals surface area contributed by atoms with Gasteiger partial charge in [0, 0.05) is 21.5 Å². The number of hydrogen-bond acceptors (Lipinski definition) is 2. The van der Waals surface area contributed by atoms with Crippen LogP contribution in [0.5, 0.6) is 0 Å². The second-order valence-corrected chi connectivity index (χ2v) is 5.16. The molecule has 0 bridgehead atoms. The summed E-state index contributed by atoms with van der Waals surface area (Å²) in [6, 6.07) is 16.3. The Morgan fingerprint density at radius 2 is 1.91 bits per heavy atom. The van der Waals surface area contributed by atoms with Crippen LogP contribution in [0.2, 0.25) is 5.02 Å². The van der Waals surface area contributed by atoms with E-state index in [1.165, 1.54) is 0 Å². The highest BCUT2D eigenvalue weighted by atomic mass is 35.5. The van der Waals surface area contributed by atoms with Crippen molar-refractivity contribution in [1.29, 1.82) is 0 Å². The smallest absolute Gasteiger partial charge is 0.287 e. The minimum absolute atomic E-state index is 0.244. The first-order valence-electron chi connectivity index (χ1n) is 6.61. The summed E-state index contributed by atoms with van der Waals surface area (Å²) in [7, 11) is 0. The number of nitrogens with zero attached hydrogens (tertiary/aromatic N) is 1. The molecule has 1 heterocycles. The number of hydrogen-bond donors (Lipinski definition) is 3. The molecule has 0 fully saturated rings. The molecule has 0 saturated heterocycles. The van der Waals surface area contributed by atoms with Crippen molar-refractivity contribution in [1.82, 2.24) is 10.4 Å². The topological polar surface area (TPSA) is 83.3 Å². The number of aromatic amines is 1. The third-order valence-corrected chi connectivity index (χ3v) is 3.41. The van der Waals surface area contributed by atoms with Gasteiger partial charge in [-0.15, -0.1) is 0 Å². The first kappa shape index (κ1) is 14.2. The summed E-state index contributed by atoms with van der Waals surface area (Å²) in [4.78, 5) is 15.1. The monoisotopic (exact) mass is 312 g/mol. The number of amidine groups is 1. The van der Waals surface area contributed by atoms with Gasteiger partial charge in [-0.3, -0.25) is 4.79 Å². The summed E-state index contributed by atoms with van der Waals surface area (Å²) in [5.41, 5.74) is 10.2. The first-order chi connectivity index (χ1) is 10.6. The lowest BCUT2D eigenvalue weighted by molar-refractivity contribution is 0.0950. The lowest BCUT2D eigenvalue weighted by Crippen LogP contribution is -2.24. The summed E-state index contributed by atoms with van der Waals surface area (Å²) >= 11 is 5.93. The van der Waals surface area contributed by atoms with Crippen molar-refractivity contribution in [2.75, 3.05) is 0 Å².